The van der Waals surface area contributed by atoms with Gasteiger partial charge in [0.25, 0.3) is 0 Å². The average molecular weight is 245 g/mol. The second-order valence-electron chi connectivity index (χ2n) is 5.74. The van der Waals surface area contributed by atoms with Gasteiger partial charge >= 0.3 is 0 Å². The molecule has 2 aliphatic rings. The molecule has 94 valence electrons. The lowest BCUT2D eigenvalue weighted by Gasteiger charge is -2.19. The zero-order valence-corrected chi connectivity index (χ0v) is 11.1. The Morgan fingerprint density at radius 1 is 1.19 bits per heavy atom. The molecular weight excluding hydrogens is 222 g/mol. The molecular formula is C12H23NO2S. The third-order valence-electron chi connectivity index (χ3n) is 3.71. The van der Waals surface area contributed by atoms with Crippen LogP contribution in [0.1, 0.15) is 32.6 Å². The second-order valence-corrected chi connectivity index (χ2v) is 7.93. The minimum absolute atomic E-state index is 0.0926. The average Bonchev–Trinajstić information content (AvgIpc) is 2.97. The molecule has 0 aliphatic heterocycles. The van der Waals surface area contributed by atoms with E-state index in [1.54, 1.807) is 0 Å². The van der Waals surface area contributed by atoms with Gasteiger partial charge in [-0.1, -0.05) is 0 Å². The molecule has 0 bridgehead atoms. The summed E-state index contributed by atoms with van der Waals surface area (Å²) in [6.45, 7) is 2.99. The summed E-state index contributed by atoms with van der Waals surface area (Å²) in [6.07, 6.45) is 6.88. The molecule has 0 aromatic heterocycles. The highest BCUT2D eigenvalue weighted by Gasteiger charge is 2.41. The van der Waals surface area contributed by atoms with Crippen molar-refractivity contribution in [2.45, 2.75) is 38.6 Å². The normalized spacial score (nSPS) is 23.7. The molecule has 0 saturated heterocycles. The largest absolute Gasteiger partial charge is 0.313 e. The summed E-state index contributed by atoms with van der Waals surface area (Å²) in [6, 6.07) is 0.0926. The van der Waals surface area contributed by atoms with E-state index in [0.717, 1.165) is 24.3 Å². The smallest absolute Gasteiger partial charge is 0.148 e. The Labute approximate surface area is 98.9 Å². The van der Waals surface area contributed by atoms with E-state index in [1.807, 2.05) is 6.92 Å². The molecule has 1 N–H and O–H groups in total. The van der Waals surface area contributed by atoms with E-state index >= 15 is 0 Å². The maximum Gasteiger partial charge on any atom is 0.148 e. The fourth-order valence-corrected chi connectivity index (χ4v) is 3.64. The molecule has 3 nitrogen and oxygen atoms in total. The number of hydrogen-bond donors (Lipinski definition) is 1. The van der Waals surface area contributed by atoms with E-state index in [4.69, 9.17) is 0 Å². The van der Waals surface area contributed by atoms with Crippen molar-refractivity contribution < 1.29 is 8.42 Å². The number of hydrogen-bond acceptors (Lipinski definition) is 3. The van der Waals surface area contributed by atoms with Gasteiger partial charge in [-0.25, -0.2) is 8.42 Å². The molecule has 16 heavy (non-hydrogen) atoms. The summed E-state index contributed by atoms with van der Waals surface area (Å²) in [7, 11) is -2.84. The molecule has 0 aromatic carbocycles. The van der Waals surface area contributed by atoms with Crippen LogP contribution < -0.4 is 5.32 Å². The summed E-state index contributed by atoms with van der Waals surface area (Å²) in [4.78, 5) is 0. The third-order valence-corrected chi connectivity index (χ3v) is 4.82. The van der Waals surface area contributed by atoms with Crippen LogP contribution in [0.3, 0.4) is 0 Å². The fraction of sp³-hybridized carbons (Fsp3) is 1.00. The van der Waals surface area contributed by atoms with Gasteiger partial charge in [-0.2, -0.15) is 0 Å². The molecule has 4 heteroatoms. The standard InChI is InChI=1S/C12H23NO2S/c1-9(8-16(2,14)15)13-7-12(10-3-4-10)11-5-6-11/h9-13H,3-8H2,1-2H3. The van der Waals surface area contributed by atoms with E-state index in [2.05, 4.69) is 5.32 Å². The van der Waals surface area contributed by atoms with Gasteiger partial charge in [0, 0.05) is 12.3 Å². The Balaban J connectivity index is 1.72. The van der Waals surface area contributed by atoms with Crippen LogP contribution >= 0.6 is 0 Å². The monoisotopic (exact) mass is 245 g/mol. The second kappa shape index (κ2) is 4.65. The molecule has 2 aliphatic carbocycles. The summed E-state index contributed by atoms with van der Waals surface area (Å²) < 4.78 is 22.3. The lowest BCUT2D eigenvalue weighted by atomic mass is 9.98. The van der Waals surface area contributed by atoms with Crippen LogP contribution in [-0.4, -0.2) is 33.0 Å². The van der Waals surface area contributed by atoms with E-state index in [0.29, 0.717) is 0 Å². The molecule has 0 spiro atoms. The summed E-state index contributed by atoms with van der Waals surface area (Å²) in [5, 5.41) is 3.40. The predicted octanol–water partition coefficient (Wildman–Crippen LogP) is 1.45. The van der Waals surface area contributed by atoms with Crippen molar-refractivity contribution in [1.82, 2.24) is 5.32 Å². The predicted molar refractivity (Wildman–Crippen MR) is 66.1 cm³/mol. The van der Waals surface area contributed by atoms with Crippen molar-refractivity contribution in [3.8, 4) is 0 Å². The van der Waals surface area contributed by atoms with E-state index in [-0.39, 0.29) is 11.8 Å². The minimum atomic E-state index is -2.84. The minimum Gasteiger partial charge on any atom is -0.313 e. The molecule has 0 radical (unpaired) electrons. The van der Waals surface area contributed by atoms with Crippen LogP contribution in [0.5, 0.6) is 0 Å². The van der Waals surface area contributed by atoms with Crippen LogP contribution in [0.2, 0.25) is 0 Å². The Morgan fingerprint density at radius 2 is 1.69 bits per heavy atom. The first-order valence-electron chi connectivity index (χ1n) is 6.37. The van der Waals surface area contributed by atoms with Crippen molar-refractivity contribution >= 4 is 9.84 Å². The van der Waals surface area contributed by atoms with Crippen LogP contribution in [-0.2, 0) is 9.84 Å². The van der Waals surface area contributed by atoms with Crippen LogP contribution in [0.15, 0.2) is 0 Å². The van der Waals surface area contributed by atoms with Gasteiger partial charge in [0.05, 0.1) is 5.75 Å². The highest BCUT2D eigenvalue weighted by molar-refractivity contribution is 7.90. The number of rotatable bonds is 7. The van der Waals surface area contributed by atoms with Crippen molar-refractivity contribution in [2.24, 2.45) is 17.8 Å². The van der Waals surface area contributed by atoms with Gasteiger partial charge in [-0.05, 0) is 56.9 Å². The van der Waals surface area contributed by atoms with Crippen molar-refractivity contribution in [2.75, 3.05) is 18.6 Å². The molecule has 1 unspecified atom stereocenters. The van der Waals surface area contributed by atoms with Crippen molar-refractivity contribution in [1.29, 1.82) is 0 Å². The Hall–Kier alpha value is -0.0900. The van der Waals surface area contributed by atoms with Gasteiger partial charge in [0.15, 0.2) is 0 Å². The fourth-order valence-electron chi connectivity index (χ4n) is 2.62. The molecule has 0 heterocycles. The SMILES string of the molecule is CC(CS(C)(=O)=O)NCC(C1CC1)C1CC1. The Morgan fingerprint density at radius 3 is 2.06 bits per heavy atom. The van der Waals surface area contributed by atoms with E-state index < -0.39 is 9.84 Å². The Bertz CT molecular complexity index is 319. The van der Waals surface area contributed by atoms with Gasteiger partial charge in [0.1, 0.15) is 9.84 Å². The van der Waals surface area contributed by atoms with Gasteiger partial charge in [0.2, 0.25) is 0 Å². The zero-order valence-electron chi connectivity index (χ0n) is 10.3. The lowest BCUT2D eigenvalue weighted by Crippen LogP contribution is -2.37. The highest BCUT2D eigenvalue weighted by atomic mass is 32.2. The Kier molecular flexibility index (Phi) is 3.59. The number of nitrogens with one attached hydrogen (secondary N) is 1. The first-order chi connectivity index (χ1) is 7.46. The zero-order chi connectivity index (χ0) is 11.8. The van der Waals surface area contributed by atoms with Crippen molar-refractivity contribution in [3.63, 3.8) is 0 Å². The molecule has 2 rings (SSSR count). The van der Waals surface area contributed by atoms with Gasteiger partial charge < -0.3 is 5.32 Å². The first-order valence-corrected chi connectivity index (χ1v) is 8.43. The summed E-state index contributed by atoms with van der Waals surface area (Å²) in [5.41, 5.74) is 0. The van der Waals surface area contributed by atoms with Crippen LogP contribution in [0, 0.1) is 17.8 Å². The first kappa shape index (κ1) is 12.4. The van der Waals surface area contributed by atoms with Gasteiger partial charge in [-0.15, -0.1) is 0 Å². The maximum absolute atomic E-state index is 11.1. The maximum atomic E-state index is 11.1. The van der Waals surface area contributed by atoms with E-state index in [9.17, 15) is 8.42 Å². The summed E-state index contributed by atoms with van der Waals surface area (Å²) in [5.74, 6) is 2.95. The topological polar surface area (TPSA) is 46.2 Å². The summed E-state index contributed by atoms with van der Waals surface area (Å²) >= 11 is 0. The molecule has 2 saturated carbocycles. The van der Waals surface area contributed by atoms with Crippen molar-refractivity contribution in [3.05, 3.63) is 0 Å². The van der Waals surface area contributed by atoms with Gasteiger partial charge in [-0.3, -0.25) is 0 Å². The number of sulfone groups is 1. The molecule has 1 atom stereocenters. The molecule has 0 amide bonds. The third kappa shape index (κ3) is 4.06. The van der Waals surface area contributed by atoms with E-state index in [1.165, 1.54) is 31.9 Å². The quantitative estimate of drug-likeness (QED) is 0.738. The molecule has 0 aromatic rings. The molecule has 2 fully saturated rings. The van der Waals surface area contributed by atoms with Crippen LogP contribution in [0.25, 0.3) is 0 Å². The highest BCUT2D eigenvalue weighted by Crippen LogP contribution is 2.48. The lowest BCUT2D eigenvalue weighted by molar-refractivity contribution is 0.365. The van der Waals surface area contributed by atoms with Crippen LogP contribution in [0.4, 0.5) is 0 Å².